The molecule has 0 amide bonds. The monoisotopic (exact) mass is 338 g/mol. The number of piperidine rings is 1. The van der Waals surface area contributed by atoms with E-state index in [4.69, 9.17) is 4.74 Å². The van der Waals surface area contributed by atoms with E-state index in [0.717, 1.165) is 41.7 Å². The Morgan fingerprint density at radius 3 is 3.08 bits per heavy atom. The summed E-state index contributed by atoms with van der Waals surface area (Å²) in [6.07, 6.45) is 3.54. The Bertz CT molecular complexity index is 898. The number of hydrogen-bond acceptors (Lipinski definition) is 4. The van der Waals surface area contributed by atoms with Crippen LogP contribution >= 0.6 is 0 Å². The third-order valence-electron chi connectivity index (χ3n) is 6.27. The van der Waals surface area contributed by atoms with E-state index in [1.165, 1.54) is 5.57 Å². The van der Waals surface area contributed by atoms with Gasteiger partial charge in [-0.25, -0.2) is 0 Å². The normalized spacial score (nSPS) is 33.2. The van der Waals surface area contributed by atoms with Gasteiger partial charge in [0.2, 0.25) is 0 Å². The van der Waals surface area contributed by atoms with Crippen LogP contribution in [0.15, 0.2) is 29.8 Å². The molecule has 3 aliphatic rings. The Morgan fingerprint density at radius 2 is 2.24 bits per heavy atom. The van der Waals surface area contributed by atoms with Gasteiger partial charge in [-0.05, 0) is 43.0 Å². The SMILES string of the molecule is CC=C1CN2COC[C@@H]3[C@H]1CC(=O)c1[nH]c4ccc(O)cc4c1C[C@@H]32. The van der Waals surface area contributed by atoms with Crippen LogP contribution in [-0.2, 0) is 11.2 Å². The first-order valence-corrected chi connectivity index (χ1v) is 8.99. The number of nitrogens with zero attached hydrogens (tertiary/aromatic N) is 1. The molecule has 5 heteroatoms. The predicted octanol–water partition coefficient (Wildman–Crippen LogP) is 2.85. The van der Waals surface area contributed by atoms with Crippen LogP contribution in [0.5, 0.6) is 5.75 Å². The topological polar surface area (TPSA) is 65.6 Å². The Hall–Kier alpha value is -2.11. The van der Waals surface area contributed by atoms with Crippen molar-refractivity contribution >= 4 is 16.7 Å². The Morgan fingerprint density at radius 1 is 1.36 bits per heavy atom. The number of benzene rings is 1. The molecule has 4 bridgehead atoms. The molecule has 3 heterocycles. The fraction of sp³-hybridized carbons (Fsp3) is 0.450. The number of allylic oxidation sites excluding steroid dienone is 1. The van der Waals surface area contributed by atoms with Crippen LogP contribution in [0.2, 0.25) is 0 Å². The zero-order valence-electron chi connectivity index (χ0n) is 14.3. The van der Waals surface area contributed by atoms with Crippen molar-refractivity contribution in [2.24, 2.45) is 11.8 Å². The zero-order valence-corrected chi connectivity index (χ0v) is 14.3. The minimum Gasteiger partial charge on any atom is -0.508 e. The molecular formula is C20H22N2O3. The van der Waals surface area contributed by atoms with Gasteiger partial charge in [0.05, 0.1) is 19.0 Å². The van der Waals surface area contributed by atoms with Gasteiger partial charge in [-0.3, -0.25) is 9.69 Å². The van der Waals surface area contributed by atoms with E-state index in [1.54, 1.807) is 12.1 Å². The first kappa shape index (κ1) is 15.2. The Labute approximate surface area is 146 Å². The number of ketones is 1. The van der Waals surface area contributed by atoms with Gasteiger partial charge in [-0.1, -0.05) is 11.6 Å². The molecule has 2 N–H and O–H groups in total. The number of phenols is 1. The summed E-state index contributed by atoms with van der Waals surface area (Å²) in [6, 6.07) is 5.68. The summed E-state index contributed by atoms with van der Waals surface area (Å²) in [7, 11) is 0. The number of carbonyl (C=O) groups excluding carboxylic acids is 1. The van der Waals surface area contributed by atoms with Gasteiger partial charge < -0.3 is 14.8 Å². The van der Waals surface area contributed by atoms with Crippen LogP contribution in [0.1, 0.15) is 29.4 Å². The average Bonchev–Trinajstić information content (AvgIpc) is 2.94. The number of carbonyl (C=O) groups is 1. The number of aromatic amines is 1. The fourth-order valence-electron chi connectivity index (χ4n) is 5.02. The van der Waals surface area contributed by atoms with Crippen molar-refractivity contribution in [1.29, 1.82) is 0 Å². The van der Waals surface area contributed by atoms with Gasteiger partial charge in [0.1, 0.15) is 5.75 Å². The molecule has 2 saturated heterocycles. The largest absolute Gasteiger partial charge is 0.508 e. The van der Waals surface area contributed by atoms with Crippen LogP contribution in [0.3, 0.4) is 0 Å². The molecule has 1 aromatic carbocycles. The molecule has 0 saturated carbocycles. The molecule has 2 fully saturated rings. The fourth-order valence-corrected chi connectivity index (χ4v) is 5.02. The van der Waals surface area contributed by atoms with Gasteiger partial charge in [0.15, 0.2) is 5.78 Å². The first-order chi connectivity index (χ1) is 12.2. The van der Waals surface area contributed by atoms with Crippen LogP contribution in [0.4, 0.5) is 0 Å². The lowest BCUT2D eigenvalue weighted by molar-refractivity contribution is -0.109. The highest BCUT2D eigenvalue weighted by Gasteiger charge is 2.46. The van der Waals surface area contributed by atoms with Gasteiger partial charge in [0, 0.05) is 35.8 Å². The van der Waals surface area contributed by atoms with Crippen molar-refractivity contribution in [3.8, 4) is 5.75 Å². The van der Waals surface area contributed by atoms with Crippen molar-refractivity contribution < 1.29 is 14.6 Å². The molecule has 0 radical (unpaired) electrons. The number of Topliss-reactive ketones (excluding diaryl/α,β-unsaturated/α-hetero) is 1. The molecule has 130 valence electrons. The number of aromatic nitrogens is 1. The molecular weight excluding hydrogens is 316 g/mol. The number of aromatic hydroxyl groups is 1. The smallest absolute Gasteiger partial charge is 0.179 e. The van der Waals surface area contributed by atoms with E-state index in [2.05, 4.69) is 22.9 Å². The Kier molecular flexibility index (Phi) is 3.30. The van der Waals surface area contributed by atoms with E-state index in [0.29, 0.717) is 25.1 Å². The molecule has 1 aromatic heterocycles. The van der Waals surface area contributed by atoms with Crippen molar-refractivity contribution in [2.45, 2.75) is 25.8 Å². The third-order valence-corrected chi connectivity index (χ3v) is 6.27. The molecule has 5 rings (SSSR count). The van der Waals surface area contributed by atoms with Gasteiger partial charge in [-0.15, -0.1) is 0 Å². The van der Waals surface area contributed by atoms with Crippen molar-refractivity contribution in [2.75, 3.05) is 19.9 Å². The lowest BCUT2D eigenvalue weighted by Crippen LogP contribution is -2.58. The van der Waals surface area contributed by atoms with Gasteiger partial charge in [0.25, 0.3) is 0 Å². The molecule has 2 aliphatic heterocycles. The number of ether oxygens (including phenoxy) is 1. The second kappa shape index (κ2) is 5.44. The van der Waals surface area contributed by atoms with E-state index < -0.39 is 0 Å². The molecule has 5 nitrogen and oxygen atoms in total. The highest BCUT2D eigenvalue weighted by atomic mass is 16.5. The van der Waals surface area contributed by atoms with Crippen molar-refractivity contribution in [3.05, 3.63) is 41.1 Å². The molecule has 0 spiro atoms. The summed E-state index contributed by atoms with van der Waals surface area (Å²) in [5, 5.41) is 10.9. The van der Waals surface area contributed by atoms with E-state index in [-0.39, 0.29) is 17.5 Å². The molecule has 2 aromatic rings. The summed E-state index contributed by atoms with van der Waals surface area (Å²) < 4.78 is 5.81. The minimum absolute atomic E-state index is 0.174. The summed E-state index contributed by atoms with van der Waals surface area (Å²) in [6.45, 7) is 4.34. The summed E-state index contributed by atoms with van der Waals surface area (Å²) in [5.74, 6) is 1.04. The molecule has 4 atom stereocenters. The number of fused-ring (bicyclic) bond motifs is 3. The van der Waals surface area contributed by atoms with Crippen LogP contribution in [-0.4, -0.2) is 46.7 Å². The molecule has 1 aliphatic carbocycles. The summed E-state index contributed by atoms with van der Waals surface area (Å²) in [5.41, 5.74) is 4.08. The van der Waals surface area contributed by atoms with Crippen molar-refractivity contribution in [3.63, 3.8) is 0 Å². The average molecular weight is 338 g/mol. The number of H-pyrrole nitrogens is 1. The zero-order chi connectivity index (χ0) is 17.1. The predicted molar refractivity (Wildman–Crippen MR) is 94.7 cm³/mol. The summed E-state index contributed by atoms with van der Waals surface area (Å²) in [4.78, 5) is 18.8. The second-order valence-corrected chi connectivity index (χ2v) is 7.49. The van der Waals surface area contributed by atoms with Crippen molar-refractivity contribution in [1.82, 2.24) is 9.88 Å². The number of hydrogen-bond donors (Lipinski definition) is 2. The van der Waals surface area contributed by atoms with E-state index in [9.17, 15) is 9.90 Å². The minimum atomic E-state index is 0.174. The van der Waals surface area contributed by atoms with Crippen LogP contribution in [0.25, 0.3) is 10.9 Å². The quantitative estimate of drug-likeness (QED) is 0.725. The molecule has 25 heavy (non-hydrogen) atoms. The maximum absolute atomic E-state index is 13.1. The van der Waals surface area contributed by atoms with Crippen LogP contribution in [0, 0.1) is 11.8 Å². The maximum Gasteiger partial charge on any atom is 0.179 e. The third kappa shape index (κ3) is 2.19. The molecule has 1 unspecified atom stereocenters. The number of rotatable bonds is 0. The Balaban J connectivity index is 1.69. The van der Waals surface area contributed by atoms with Gasteiger partial charge in [-0.2, -0.15) is 0 Å². The first-order valence-electron chi connectivity index (χ1n) is 8.99. The second-order valence-electron chi connectivity index (χ2n) is 7.49. The number of nitrogens with one attached hydrogen (secondary N) is 1. The van der Waals surface area contributed by atoms with Crippen LogP contribution < -0.4 is 0 Å². The standard InChI is InChI=1S/C20H22N2O3/c1-2-11-8-22-10-25-9-16-13(11)7-19(24)20-15(6-18(16)22)14-5-12(23)3-4-17(14)21-20/h2-5,13,16,18,21,23H,6-10H2,1H3/t13-,16+,18-/m0/s1. The lowest BCUT2D eigenvalue weighted by Gasteiger charge is -2.51. The maximum atomic E-state index is 13.1. The highest BCUT2D eigenvalue weighted by Crippen LogP contribution is 2.43. The highest BCUT2D eigenvalue weighted by molar-refractivity contribution is 6.03. The van der Waals surface area contributed by atoms with E-state index >= 15 is 0 Å². The number of phenolic OH excluding ortho intramolecular Hbond substituents is 1. The lowest BCUT2D eigenvalue weighted by atomic mass is 9.70. The van der Waals surface area contributed by atoms with E-state index in [1.807, 2.05) is 6.07 Å². The van der Waals surface area contributed by atoms with Gasteiger partial charge >= 0.3 is 0 Å². The summed E-state index contributed by atoms with van der Waals surface area (Å²) >= 11 is 0.